The highest BCUT2D eigenvalue weighted by atomic mass is 16.5. The van der Waals surface area contributed by atoms with Gasteiger partial charge < -0.3 is 19.5 Å². The molecule has 2 unspecified atom stereocenters. The smallest absolute Gasteiger partial charge is 0.127 e. The van der Waals surface area contributed by atoms with E-state index in [1.807, 2.05) is 18.2 Å². The van der Waals surface area contributed by atoms with Crippen molar-refractivity contribution in [1.29, 1.82) is 0 Å². The second kappa shape index (κ2) is 8.69. The molecule has 0 heterocycles. The first-order valence-electron chi connectivity index (χ1n) is 7.22. The van der Waals surface area contributed by atoms with E-state index in [9.17, 15) is 0 Å². The SMILES string of the molecule is CCCNC(C)CC(C)Oc1cc(OC)cc(OC)c1. The normalized spacial score (nSPS) is 13.7. The van der Waals surface area contributed by atoms with Crippen LogP contribution in [-0.4, -0.2) is 32.9 Å². The maximum atomic E-state index is 5.95. The Kier molecular flexibility index (Phi) is 7.23. The lowest BCUT2D eigenvalue weighted by Gasteiger charge is -2.20. The summed E-state index contributed by atoms with van der Waals surface area (Å²) in [7, 11) is 3.28. The standard InChI is InChI=1S/C16H27NO3/c1-6-7-17-12(2)8-13(3)20-16-10-14(18-4)9-15(11-16)19-5/h9-13,17H,6-8H2,1-5H3. The van der Waals surface area contributed by atoms with Crippen molar-refractivity contribution in [2.24, 2.45) is 0 Å². The molecule has 1 aromatic carbocycles. The molecule has 0 aromatic heterocycles. The molecule has 4 heteroatoms. The molecule has 0 spiro atoms. The molecule has 20 heavy (non-hydrogen) atoms. The Morgan fingerprint density at radius 2 is 1.55 bits per heavy atom. The number of nitrogens with one attached hydrogen (secondary N) is 1. The van der Waals surface area contributed by atoms with Gasteiger partial charge in [-0.1, -0.05) is 6.92 Å². The van der Waals surface area contributed by atoms with E-state index in [4.69, 9.17) is 14.2 Å². The van der Waals surface area contributed by atoms with Gasteiger partial charge in [0.2, 0.25) is 0 Å². The van der Waals surface area contributed by atoms with Gasteiger partial charge in [-0.25, -0.2) is 0 Å². The highest BCUT2D eigenvalue weighted by Crippen LogP contribution is 2.28. The van der Waals surface area contributed by atoms with Crippen molar-refractivity contribution in [3.63, 3.8) is 0 Å². The summed E-state index contributed by atoms with van der Waals surface area (Å²) in [6.07, 6.45) is 2.23. The third-order valence-electron chi connectivity index (χ3n) is 3.09. The topological polar surface area (TPSA) is 39.7 Å². The van der Waals surface area contributed by atoms with Gasteiger partial charge in [-0.2, -0.15) is 0 Å². The first kappa shape index (κ1) is 16.6. The van der Waals surface area contributed by atoms with E-state index < -0.39 is 0 Å². The fourth-order valence-corrected chi connectivity index (χ4v) is 2.10. The number of benzene rings is 1. The first-order chi connectivity index (χ1) is 9.58. The van der Waals surface area contributed by atoms with Crippen LogP contribution in [0.5, 0.6) is 17.2 Å². The Labute approximate surface area is 122 Å². The Hall–Kier alpha value is -1.42. The van der Waals surface area contributed by atoms with Crippen LogP contribution >= 0.6 is 0 Å². The summed E-state index contributed by atoms with van der Waals surface area (Å²) in [5.74, 6) is 2.25. The quantitative estimate of drug-likeness (QED) is 0.754. The molecule has 114 valence electrons. The summed E-state index contributed by atoms with van der Waals surface area (Å²) in [5, 5.41) is 3.46. The fourth-order valence-electron chi connectivity index (χ4n) is 2.10. The minimum absolute atomic E-state index is 0.131. The summed E-state index contributed by atoms with van der Waals surface area (Å²) in [4.78, 5) is 0. The molecule has 4 nitrogen and oxygen atoms in total. The molecule has 1 rings (SSSR count). The van der Waals surface area contributed by atoms with Gasteiger partial charge in [-0.15, -0.1) is 0 Å². The summed E-state index contributed by atoms with van der Waals surface area (Å²) >= 11 is 0. The molecule has 0 radical (unpaired) electrons. The predicted octanol–water partition coefficient (Wildman–Crippen LogP) is 3.25. The molecule has 0 bridgehead atoms. The molecule has 0 saturated carbocycles. The van der Waals surface area contributed by atoms with Crippen LogP contribution in [0.2, 0.25) is 0 Å². The molecule has 0 amide bonds. The van der Waals surface area contributed by atoms with Gasteiger partial charge >= 0.3 is 0 Å². The number of methoxy groups -OCH3 is 2. The van der Waals surface area contributed by atoms with Gasteiger partial charge in [-0.05, 0) is 33.2 Å². The number of hydrogen-bond donors (Lipinski definition) is 1. The molecular formula is C16H27NO3. The van der Waals surface area contributed by atoms with Gasteiger partial charge in [0.05, 0.1) is 20.3 Å². The third-order valence-corrected chi connectivity index (χ3v) is 3.09. The average Bonchev–Trinajstić information content (AvgIpc) is 2.44. The van der Waals surface area contributed by atoms with E-state index in [1.165, 1.54) is 0 Å². The van der Waals surface area contributed by atoms with Gasteiger partial charge in [0.25, 0.3) is 0 Å². The van der Waals surface area contributed by atoms with E-state index in [0.717, 1.165) is 36.6 Å². The summed E-state index contributed by atoms with van der Waals surface area (Å²) < 4.78 is 16.4. The van der Waals surface area contributed by atoms with Crippen molar-refractivity contribution < 1.29 is 14.2 Å². The Balaban J connectivity index is 2.58. The van der Waals surface area contributed by atoms with Crippen LogP contribution < -0.4 is 19.5 Å². The van der Waals surface area contributed by atoms with Crippen LogP contribution in [0.15, 0.2) is 18.2 Å². The monoisotopic (exact) mass is 281 g/mol. The minimum Gasteiger partial charge on any atom is -0.496 e. The molecule has 0 aliphatic rings. The molecular weight excluding hydrogens is 254 g/mol. The first-order valence-corrected chi connectivity index (χ1v) is 7.22. The molecule has 1 aromatic rings. The number of ether oxygens (including phenoxy) is 3. The Bertz CT molecular complexity index is 373. The second-order valence-electron chi connectivity index (χ2n) is 5.07. The van der Waals surface area contributed by atoms with Gasteiger partial charge in [0, 0.05) is 24.2 Å². The zero-order valence-electron chi connectivity index (χ0n) is 13.2. The largest absolute Gasteiger partial charge is 0.496 e. The van der Waals surface area contributed by atoms with E-state index in [-0.39, 0.29) is 6.10 Å². The van der Waals surface area contributed by atoms with E-state index in [0.29, 0.717) is 6.04 Å². The van der Waals surface area contributed by atoms with Crippen molar-refractivity contribution in [3.05, 3.63) is 18.2 Å². The lowest BCUT2D eigenvalue weighted by molar-refractivity contribution is 0.194. The third kappa shape index (κ3) is 5.70. The lowest BCUT2D eigenvalue weighted by Crippen LogP contribution is -2.31. The lowest BCUT2D eigenvalue weighted by atomic mass is 10.1. The molecule has 1 N–H and O–H groups in total. The average molecular weight is 281 g/mol. The van der Waals surface area contributed by atoms with Gasteiger partial charge in [0.1, 0.15) is 17.2 Å². The summed E-state index contributed by atoms with van der Waals surface area (Å²) in [6.45, 7) is 7.47. The summed E-state index contributed by atoms with van der Waals surface area (Å²) in [5.41, 5.74) is 0. The van der Waals surface area contributed by atoms with Crippen LogP contribution in [0.25, 0.3) is 0 Å². The molecule has 0 aliphatic heterocycles. The fraction of sp³-hybridized carbons (Fsp3) is 0.625. The van der Waals surface area contributed by atoms with E-state index in [2.05, 4.69) is 26.1 Å². The number of hydrogen-bond acceptors (Lipinski definition) is 4. The van der Waals surface area contributed by atoms with Crippen molar-refractivity contribution in [2.45, 2.75) is 45.8 Å². The maximum Gasteiger partial charge on any atom is 0.127 e. The van der Waals surface area contributed by atoms with Crippen LogP contribution in [0.1, 0.15) is 33.6 Å². The number of rotatable bonds is 9. The molecule has 2 atom stereocenters. The molecule has 0 fully saturated rings. The van der Waals surface area contributed by atoms with E-state index >= 15 is 0 Å². The zero-order chi connectivity index (χ0) is 15.0. The van der Waals surface area contributed by atoms with Crippen LogP contribution in [0.3, 0.4) is 0 Å². The van der Waals surface area contributed by atoms with Crippen LogP contribution in [0, 0.1) is 0 Å². The minimum atomic E-state index is 0.131. The molecule has 0 aliphatic carbocycles. The van der Waals surface area contributed by atoms with E-state index in [1.54, 1.807) is 14.2 Å². The van der Waals surface area contributed by atoms with Gasteiger partial charge in [-0.3, -0.25) is 0 Å². The van der Waals surface area contributed by atoms with Crippen LogP contribution in [0.4, 0.5) is 0 Å². The maximum absolute atomic E-state index is 5.95. The Morgan fingerprint density at radius 3 is 2.05 bits per heavy atom. The highest BCUT2D eigenvalue weighted by molar-refractivity contribution is 5.42. The van der Waals surface area contributed by atoms with Gasteiger partial charge in [0.15, 0.2) is 0 Å². The zero-order valence-corrected chi connectivity index (χ0v) is 13.2. The van der Waals surface area contributed by atoms with Crippen molar-refractivity contribution >= 4 is 0 Å². The van der Waals surface area contributed by atoms with Crippen molar-refractivity contribution in [1.82, 2.24) is 5.32 Å². The second-order valence-corrected chi connectivity index (χ2v) is 5.07. The van der Waals surface area contributed by atoms with Crippen LogP contribution in [-0.2, 0) is 0 Å². The Morgan fingerprint density at radius 1 is 1.00 bits per heavy atom. The van der Waals surface area contributed by atoms with Crippen molar-refractivity contribution in [2.75, 3.05) is 20.8 Å². The molecule has 0 saturated heterocycles. The van der Waals surface area contributed by atoms with Crippen molar-refractivity contribution in [3.8, 4) is 17.2 Å². The predicted molar refractivity (Wildman–Crippen MR) is 82.0 cm³/mol. The summed E-state index contributed by atoms with van der Waals surface area (Å²) in [6, 6.07) is 6.03. The highest BCUT2D eigenvalue weighted by Gasteiger charge is 2.11.